The van der Waals surface area contributed by atoms with Crippen LogP contribution in [0.4, 0.5) is 10.8 Å². The van der Waals surface area contributed by atoms with Gasteiger partial charge in [0.2, 0.25) is 11.0 Å². The van der Waals surface area contributed by atoms with Crippen molar-refractivity contribution >= 4 is 68.5 Å². The highest BCUT2D eigenvalue weighted by Crippen LogP contribution is 2.48. The van der Waals surface area contributed by atoms with Gasteiger partial charge < -0.3 is 11.1 Å². The van der Waals surface area contributed by atoms with Crippen molar-refractivity contribution < 1.29 is 9.59 Å². The van der Waals surface area contributed by atoms with E-state index in [4.69, 9.17) is 17.3 Å². The lowest BCUT2D eigenvalue weighted by atomic mass is 9.78. The summed E-state index contributed by atoms with van der Waals surface area (Å²) < 4.78 is 0.550. The molecule has 0 bridgehead atoms. The van der Waals surface area contributed by atoms with Crippen molar-refractivity contribution in [2.45, 2.75) is 36.4 Å². The highest BCUT2D eigenvalue weighted by atomic mass is 35.5. The first-order valence-corrected chi connectivity index (χ1v) is 14.3. The van der Waals surface area contributed by atoms with Crippen LogP contribution in [-0.2, 0) is 9.59 Å². The minimum absolute atomic E-state index is 0.0207. The molecule has 1 aliphatic carbocycles. The monoisotopic (exact) mass is 569 g/mol. The fourth-order valence-corrected chi connectivity index (χ4v) is 7.19. The number of thiophene rings is 1. The van der Waals surface area contributed by atoms with E-state index in [9.17, 15) is 14.9 Å². The molecule has 0 saturated carbocycles. The maximum atomic E-state index is 13.2. The number of nitrogens with zero attached hydrogens (tertiary/aromatic N) is 5. The average Bonchev–Trinajstić information content (AvgIpc) is 3.52. The average molecular weight is 570 g/mol. The Morgan fingerprint density at radius 3 is 2.89 bits per heavy atom. The number of hydrogen-bond acceptors (Lipinski definition) is 11. The van der Waals surface area contributed by atoms with Gasteiger partial charge in [0.05, 0.1) is 29.0 Å². The van der Waals surface area contributed by atoms with Gasteiger partial charge in [0.25, 0.3) is 0 Å². The van der Waals surface area contributed by atoms with Crippen molar-refractivity contribution in [3.05, 3.63) is 68.0 Å². The van der Waals surface area contributed by atoms with Crippen LogP contribution in [0.15, 0.2) is 57.5 Å². The predicted molar refractivity (Wildman–Crippen MR) is 145 cm³/mol. The predicted octanol–water partition coefficient (Wildman–Crippen LogP) is 4.99. The number of nitriles is 1. The Labute approximate surface area is 230 Å². The largest absolute Gasteiger partial charge is 0.384 e. The zero-order valence-corrected chi connectivity index (χ0v) is 22.7. The number of pyridine rings is 1. The molecule has 0 fully saturated rings. The van der Waals surface area contributed by atoms with Gasteiger partial charge in [-0.1, -0.05) is 34.7 Å². The highest BCUT2D eigenvalue weighted by molar-refractivity contribution is 8.01. The smallest absolute Gasteiger partial charge is 0.234 e. The number of aryl methyl sites for hydroxylation is 1. The van der Waals surface area contributed by atoms with Crippen molar-refractivity contribution in [1.82, 2.24) is 15.2 Å². The second-order valence-electron chi connectivity index (χ2n) is 8.29. The summed E-state index contributed by atoms with van der Waals surface area (Å²) in [5.41, 5.74) is 8.71. The van der Waals surface area contributed by atoms with E-state index in [2.05, 4.69) is 26.6 Å². The number of carbonyl (C=O) groups excluding carboxylic acids is 2. The van der Waals surface area contributed by atoms with Crippen LogP contribution in [-0.4, -0.2) is 32.6 Å². The van der Waals surface area contributed by atoms with Gasteiger partial charge in [-0.3, -0.25) is 14.5 Å². The first kappa shape index (κ1) is 25.4. The lowest BCUT2D eigenvalue weighted by Crippen LogP contribution is -2.38. The number of rotatable bonds is 6. The van der Waals surface area contributed by atoms with Gasteiger partial charge in [-0.2, -0.15) is 5.26 Å². The molecule has 1 atom stereocenters. The number of nitrogens with one attached hydrogen (secondary N) is 1. The van der Waals surface area contributed by atoms with Crippen LogP contribution in [0, 0.1) is 18.3 Å². The normalized spacial score (nSPS) is 17.6. The van der Waals surface area contributed by atoms with Gasteiger partial charge in [-0.25, -0.2) is 4.98 Å². The van der Waals surface area contributed by atoms with Crippen LogP contribution >= 0.6 is 46.0 Å². The van der Waals surface area contributed by atoms with E-state index in [1.165, 1.54) is 23.1 Å². The van der Waals surface area contributed by atoms with Gasteiger partial charge in [-0.15, -0.1) is 21.5 Å². The molecule has 188 valence electrons. The van der Waals surface area contributed by atoms with Crippen LogP contribution in [0.3, 0.4) is 0 Å². The molecule has 0 saturated heterocycles. The fourth-order valence-electron chi connectivity index (χ4n) is 4.34. The molecule has 0 aromatic carbocycles. The summed E-state index contributed by atoms with van der Waals surface area (Å²) in [5.74, 6) is -0.387. The molecule has 3 aromatic heterocycles. The van der Waals surface area contributed by atoms with Crippen LogP contribution < -0.4 is 16.0 Å². The number of amides is 1. The number of aromatic nitrogens is 3. The van der Waals surface area contributed by atoms with Crippen LogP contribution in [0.5, 0.6) is 0 Å². The number of halogens is 1. The Bertz CT molecular complexity index is 1500. The number of allylic oxidation sites excluding steroid dienone is 3. The molecule has 13 heteroatoms. The zero-order valence-electron chi connectivity index (χ0n) is 19.5. The number of ketones is 1. The maximum Gasteiger partial charge on any atom is 0.234 e. The molecule has 9 nitrogen and oxygen atoms in total. The summed E-state index contributed by atoms with van der Waals surface area (Å²) in [6.07, 6.45) is 3.30. The van der Waals surface area contributed by atoms with Gasteiger partial charge in [0.1, 0.15) is 5.82 Å². The van der Waals surface area contributed by atoms with Gasteiger partial charge in [0, 0.05) is 33.6 Å². The van der Waals surface area contributed by atoms with Crippen LogP contribution in [0.2, 0.25) is 5.15 Å². The lowest BCUT2D eigenvalue weighted by molar-refractivity contribution is -0.116. The molecule has 37 heavy (non-hydrogen) atoms. The number of carbonyl (C=O) groups is 2. The molecule has 3 aromatic rings. The van der Waals surface area contributed by atoms with Crippen molar-refractivity contribution in [1.29, 1.82) is 5.26 Å². The van der Waals surface area contributed by atoms with E-state index in [0.29, 0.717) is 45.6 Å². The van der Waals surface area contributed by atoms with Crippen molar-refractivity contribution in [2.75, 3.05) is 16.0 Å². The third kappa shape index (κ3) is 5.00. The molecule has 1 aliphatic heterocycles. The van der Waals surface area contributed by atoms with Crippen molar-refractivity contribution in [2.24, 2.45) is 5.73 Å². The molecule has 2 aliphatic rings. The zero-order chi connectivity index (χ0) is 26.1. The molecule has 1 amide bonds. The SMILES string of the molecule is Cc1ccc(C2C(C#N)=C(N)N(c3nnc(SCC(=O)Nc4cccnc4Cl)s3)C3=C2C(=O)CCC3)s1. The van der Waals surface area contributed by atoms with E-state index in [0.717, 1.165) is 15.5 Å². The lowest BCUT2D eigenvalue weighted by Gasteiger charge is -2.37. The third-order valence-electron chi connectivity index (χ3n) is 5.91. The van der Waals surface area contributed by atoms with Gasteiger partial charge >= 0.3 is 0 Å². The topological polar surface area (TPSA) is 138 Å². The Morgan fingerprint density at radius 2 is 2.16 bits per heavy atom. The molecule has 5 rings (SSSR count). The van der Waals surface area contributed by atoms with Crippen LogP contribution in [0.1, 0.15) is 34.9 Å². The Balaban J connectivity index is 1.42. The summed E-state index contributed by atoms with van der Waals surface area (Å²) in [6, 6.07) is 9.55. The molecule has 4 heterocycles. The maximum absolute atomic E-state index is 13.2. The summed E-state index contributed by atoms with van der Waals surface area (Å²) in [7, 11) is 0. The summed E-state index contributed by atoms with van der Waals surface area (Å²) in [6.45, 7) is 1.99. The Hall–Kier alpha value is -3.24. The number of Topliss-reactive ketones (excluding diaryl/α,β-unsaturated/α-hetero) is 1. The summed E-state index contributed by atoms with van der Waals surface area (Å²) in [5, 5.41) is 22.0. The number of thioether (sulfide) groups is 1. The Morgan fingerprint density at radius 1 is 1.32 bits per heavy atom. The summed E-state index contributed by atoms with van der Waals surface area (Å²) >= 11 is 10.0. The minimum atomic E-state index is -0.479. The van der Waals surface area contributed by atoms with Gasteiger partial charge in [0.15, 0.2) is 15.3 Å². The third-order valence-corrected chi connectivity index (χ3v) is 9.31. The minimum Gasteiger partial charge on any atom is -0.384 e. The second-order valence-corrected chi connectivity index (χ2v) is 12.1. The first-order valence-electron chi connectivity index (χ1n) is 11.3. The van der Waals surface area contributed by atoms with E-state index in [-0.39, 0.29) is 28.4 Å². The quantitative estimate of drug-likeness (QED) is 0.310. The Kier molecular flexibility index (Phi) is 7.30. The molecular weight excluding hydrogens is 550 g/mol. The van der Waals surface area contributed by atoms with E-state index in [1.54, 1.807) is 34.6 Å². The van der Waals surface area contributed by atoms with Gasteiger partial charge in [-0.05, 0) is 44.0 Å². The van der Waals surface area contributed by atoms with Crippen molar-refractivity contribution in [3.63, 3.8) is 0 Å². The first-order chi connectivity index (χ1) is 17.9. The van der Waals surface area contributed by atoms with E-state index in [1.807, 2.05) is 19.1 Å². The number of hydrogen-bond donors (Lipinski definition) is 2. The molecule has 0 spiro atoms. The fraction of sp³-hybridized carbons (Fsp3) is 0.250. The number of nitrogens with two attached hydrogens (primary N) is 1. The standard InChI is InChI=1S/C24H20ClN7O2S3/c1-12-7-8-17(36-12)19-13(10-26)22(27)32(15-5-2-6-16(33)20(15)19)23-30-31-24(37-23)35-11-18(34)29-14-4-3-9-28-21(14)25/h3-4,7-9,19H,2,5-6,11,27H2,1H3,(H,29,34). The van der Waals surface area contributed by atoms with E-state index >= 15 is 0 Å². The molecule has 0 radical (unpaired) electrons. The van der Waals surface area contributed by atoms with Crippen LogP contribution in [0.25, 0.3) is 0 Å². The highest BCUT2D eigenvalue weighted by Gasteiger charge is 2.41. The molecule has 3 N–H and O–H groups in total. The van der Waals surface area contributed by atoms with Crippen molar-refractivity contribution in [3.8, 4) is 6.07 Å². The van der Waals surface area contributed by atoms with E-state index < -0.39 is 5.92 Å². The summed E-state index contributed by atoms with van der Waals surface area (Å²) in [4.78, 5) is 33.2. The second kappa shape index (κ2) is 10.6. The molecule has 1 unspecified atom stereocenters. The molecular formula is C24H20ClN7O2S3. The number of anilines is 2.